The number of aryl methyl sites for hydroxylation is 1. The van der Waals surface area contributed by atoms with Gasteiger partial charge in [0, 0.05) is 41.7 Å². The highest BCUT2D eigenvalue weighted by molar-refractivity contribution is 9.10. The molecule has 1 saturated heterocycles. The number of carbonyl (C=O) groups is 2. The van der Waals surface area contributed by atoms with Crippen LogP contribution >= 0.6 is 15.9 Å². The van der Waals surface area contributed by atoms with Crippen molar-refractivity contribution in [3.63, 3.8) is 0 Å². The molecule has 7 nitrogen and oxygen atoms in total. The lowest BCUT2D eigenvalue weighted by Gasteiger charge is -2.26. The molecule has 0 aliphatic carbocycles. The number of halogens is 1. The molecule has 1 fully saturated rings. The molecule has 2 aliphatic heterocycles. The van der Waals surface area contributed by atoms with Crippen LogP contribution in [0.1, 0.15) is 50.6 Å². The number of fused-ring (bicyclic) bond motifs is 1. The summed E-state index contributed by atoms with van der Waals surface area (Å²) in [4.78, 5) is 29.7. The second kappa shape index (κ2) is 8.67. The minimum atomic E-state index is -0.233. The van der Waals surface area contributed by atoms with Crippen molar-refractivity contribution in [1.82, 2.24) is 20.3 Å². The van der Waals surface area contributed by atoms with Gasteiger partial charge >= 0.3 is 0 Å². The van der Waals surface area contributed by atoms with Crippen molar-refractivity contribution in [1.29, 1.82) is 0 Å². The molecule has 29 heavy (non-hydrogen) atoms. The Labute approximate surface area is 178 Å². The molecule has 0 atom stereocenters. The molecule has 4 rings (SSSR count). The van der Waals surface area contributed by atoms with E-state index in [0.29, 0.717) is 43.1 Å². The smallest absolute Gasteiger partial charge is 0.273 e. The van der Waals surface area contributed by atoms with Gasteiger partial charge in [-0.15, -0.1) is 0 Å². The maximum Gasteiger partial charge on any atom is 0.273 e. The molecule has 1 aromatic heterocycles. The molecule has 8 heteroatoms. The number of nitrogens with one attached hydrogen (secondary N) is 1. The summed E-state index contributed by atoms with van der Waals surface area (Å²) in [5.41, 5.74) is 2.67. The molecule has 154 valence electrons. The van der Waals surface area contributed by atoms with E-state index in [1.54, 1.807) is 4.90 Å². The fourth-order valence-corrected chi connectivity index (χ4v) is 4.19. The summed E-state index contributed by atoms with van der Waals surface area (Å²) in [7, 11) is 0. The molecule has 0 spiro atoms. The van der Waals surface area contributed by atoms with E-state index in [-0.39, 0.29) is 11.8 Å². The Bertz CT molecular complexity index is 921. The van der Waals surface area contributed by atoms with Gasteiger partial charge in [0.2, 0.25) is 0 Å². The summed E-state index contributed by atoms with van der Waals surface area (Å²) in [6.45, 7) is 6.47. The first-order valence-electron chi connectivity index (χ1n) is 10.1. The lowest BCUT2D eigenvalue weighted by molar-refractivity contribution is 0.0726. The van der Waals surface area contributed by atoms with Crippen LogP contribution in [0.2, 0.25) is 0 Å². The highest BCUT2D eigenvalue weighted by Gasteiger charge is 2.30. The van der Waals surface area contributed by atoms with Crippen molar-refractivity contribution >= 4 is 27.7 Å². The summed E-state index contributed by atoms with van der Waals surface area (Å²) in [5.74, 6) is 0.418. The number of aromatic nitrogens is 1. The predicted octanol–water partition coefficient (Wildman–Crippen LogP) is 2.77. The average molecular weight is 461 g/mol. The molecule has 0 saturated carbocycles. The van der Waals surface area contributed by atoms with Gasteiger partial charge < -0.3 is 19.6 Å². The van der Waals surface area contributed by atoms with Crippen molar-refractivity contribution in [3.8, 4) is 0 Å². The third kappa shape index (κ3) is 4.38. The Hall–Kier alpha value is -2.19. The second-order valence-electron chi connectivity index (χ2n) is 7.68. The first-order valence-corrected chi connectivity index (χ1v) is 10.9. The third-order valence-corrected chi connectivity index (χ3v) is 6.54. The van der Waals surface area contributed by atoms with Crippen molar-refractivity contribution in [2.24, 2.45) is 0 Å². The van der Waals surface area contributed by atoms with Crippen LogP contribution < -0.4 is 5.32 Å². The SMILES string of the molecule is Cc1cc(C(=O)N2CCc3onc(C(=O)NCCN4CCCC4)c3C2)ccc1Br. The second-order valence-corrected chi connectivity index (χ2v) is 8.53. The van der Waals surface area contributed by atoms with Gasteiger partial charge in [-0.05, 0) is 56.6 Å². The number of benzene rings is 1. The van der Waals surface area contributed by atoms with Gasteiger partial charge in [-0.25, -0.2) is 0 Å². The largest absolute Gasteiger partial charge is 0.360 e. The first kappa shape index (κ1) is 20.1. The monoisotopic (exact) mass is 460 g/mol. The highest BCUT2D eigenvalue weighted by Crippen LogP contribution is 2.25. The van der Waals surface area contributed by atoms with Crippen LogP contribution in [0.5, 0.6) is 0 Å². The Morgan fingerprint density at radius 1 is 1.24 bits per heavy atom. The van der Waals surface area contributed by atoms with Gasteiger partial charge in [-0.3, -0.25) is 9.59 Å². The Balaban J connectivity index is 1.42. The lowest BCUT2D eigenvalue weighted by Crippen LogP contribution is -2.37. The third-order valence-electron chi connectivity index (χ3n) is 5.65. The maximum atomic E-state index is 12.9. The van der Waals surface area contributed by atoms with Gasteiger partial charge in [-0.1, -0.05) is 21.1 Å². The van der Waals surface area contributed by atoms with Crippen LogP contribution in [0.3, 0.4) is 0 Å². The fraction of sp³-hybridized carbons (Fsp3) is 0.476. The topological polar surface area (TPSA) is 78.7 Å². The molecule has 0 bridgehead atoms. The molecule has 0 unspecified atom stereocenters. The fourth-order valence-electron chi connectivity index (χ4n) is 3.94. The summed E-state index contributed by atoms with van der Waals surface area (Å²) in [6, 6.07) is 5.58. The molecule has 2 aromatic rings. The van der Waals surface area contributed by atoms with E-state index in [2.05, 4.69) is 31.3 Å². The van der Waals surface area contributed by atoms with Crippen molar-refractivity contribution < 1.29 is 14.1 Å². The van der Waals surface area contributed by atoms with Crippen LogP contribution in [-0.4, -0.2) is 59.5 Å². The van der Waals surface area contributed by atoms with Crippen molar-refractivity contribution in [2.45, 2.75) is 32.7 Å². The lowest BCUT2D eigenvalue weighted by atomic mass is 10.0. The van der Waals surface area contributed by atoms with E-state index >= 15 is 0 Å². The number of amides is 2. The highest BCUT2D eigenvalue weighted by atomic mass is 79.9. The van der Waals surface area contributed by atoms with Crippen LogP contribution in [0.4, 0.5) is 0 Å². The molecule has 3 heterocycles. The minimum Gasteiger partial charge on any atom is -0.360 e. The molecule has 1 N–H and O–H groups in total. The van der Waals surface area contributed by atoms with E-state index < -0.39 is 0 Å². The number of hydrogen-bond acceptors (Lipinski definition) is 5. The summed E-state index contributed by atoms with van der Waals surface area (Å²) < 4.78 is 6.37. The van der Waals surface area contributed by atoms with Crippen molar-refractivity contribution in [3.05, 3.63) is 50.8 Å². The Morgan fingerprint density at radius 3 is 2.79 bits per heavy atom. The summed E-state index contributed by atoms with van der Waals surface area (Å²) >= 11 is 3.47. The quantitative estimate of drug-likeness (QED) is 0.741. The minimum absolute atomic E-state index is 0.0483. The molecular formula is C21H25BrN4O3. The van der Waals surface area contributed by atoms with Gasteiger partial charge in [0.1, 0.15) is 5.76 Å². The number of likely N-dealkylation sites (tertiary alicyclic amines) is 1. The molecule has 2 aliphatic rings. The van der Waals surface area contributed by atoms with Gasteiger partial charge in [0.15, 0.2) is 5.69 Å². The van der Waals surface area contributed by atoms with E-state index in [1.165, 1.54) is 12.8 Å². The van der Waals surface area contributed by atoms with E-state index in [0.717, 1.165) is 35.2 Å². The molecule has 0 radical (unpaired) electrons. The molecular weight excluding hydrogens is 436 g/mol. The Kier molecular flexibility index (Phi) is 6.01. The number of carbonyl (C=O) groups excluding carboxylic acids is 2. The molecule has 1 aromatic carbocycles. The van der Waals surface area contributed by atoms with Gasteiger partial charge in [-0.2, -0.15) is 0 Å². The zero-order chi connectivity index (χ0) is 20.4. The predicted molar refractivity (Wildman–Crippen MR) is 112 cm³/mol. The Morgan fingerprint density at radius 2 is 2.03 bits per heavy atom. The van der Waals surface area contributed by atoms with Crippen LogP contribution in [0, 0.1) is 6.92 Å². The van der Waals surface area contributed by atoms with E-state index in [4.69, 9.17) is 4.52 Å². The van der Waals surface area contributed by atoms with Crippen LogP contribution in [-0.2, 0) is 13.0 Å². The zero-order valence-electron chi connectivity index (χ0n) is 16.5. The van der Waals surface area contributed by atoms with Gasteiger partial charge in [0.05, 0.1) is 6.54 Å². The molecule has 2 amide bonds. The van der Waals surface area contributed by atoms with Gasteiger partial charge in [0.25, 0.3) is 11.8 Å². The zero-order valence-corrected chi connectivity index (χ0v) is 18.1. The van der Waals surface area contributed by atoms with Crippen molar-refractivity contribution in [2.75, 3.05) is 32.7 Å². The average Bonchev–Trinajstić information content (AvgIpc) is 3.38. The van der Waals surface area contributed by atoms with Crippen LogP contribution in [0.15, 0.2) is 27.2 Å². The number of nitrogens with zero attached hydrogens (tertiary/aromatic N) is 3. The normalized spacial score (nSPS) is 16.7. The number of rotatable bonds is 5. The number of hydrogen-bond donors (Lipinski definition) is 1. The maximum absolute atomic E-state index is 12.9. The standard InChI is InChI=1S/C21H25BrN4O3/c1-14-12-15(4-5-17(14)22)21(28)26-10-6-18-16(13-26)19(24-29-18)20(27)23-7-11-25-8-2-3-9-25/h4-5,12H,2-3,6-11,13H2,1H3,(H,23,27). The van der Waals surface area contributed by atoms with Crippen LogP contribution in [0.25, 0.3) is 0 Å². The summed E-state index contributed by atoms with van der Waals surface area (Å²) in [6.07, 6.45) is 3.02. The first-order chi connectivity index (χ1) is 14.0. The summed E-state index contributed by atoms with van der Waals surface area (Å²) in [5, 5.41) is 6.94. The van der Waals surface area contributed by atoms with E-state index in [9.17, 15) is 9.59 Å². The van der Waals surface area contributed by atoms with E-state index in [1.807, 2.05) is 25.1 Å².